The van der Waals surface area contributed by atoms with Crippen LogP contribution in [0.1, 0.15) is 61.7 Å². The highest BCUT2D eigenvalue weighted by Crippen LogP contribution is 2.18. The van der Waals surface area contributed by atoms with Gasteiger partial charge < -0.3 is 10.6 Å². The van der Waals surface area contributed by atoms with E-state index in [4.69, 9.17) is 4.99 Å². The van der Waals surface area contributed by atoms with E-state index in [0.717, 1.165) is 37.1 Å². The van der Waals surface area contributed by atoms with Crippen molar-refractivity contribution in [3.05, 3.63) is 52.3 Å². The van der Waals surface area contributed by atoms with Gasteiger partial charge in [0.1, 0.15) is 0 Å². The zero-order valence-corrected chi connectivity index (χ0v) is 23.6. The molecule has 1 aromatic carbocycles. The number of guanidine groups is 1. The average molecular weight is 567 g/mol. The van der Waals surface area contributed by atoms with Gasteiger partial charge in [-0.25, -0.2) is 4.99 Å². The second kappa shape index (κ2) is 13.3. The molecule has 6 nitrogen and oxygen atoms in total. The van der Waals surface area contributed by atoms with Crippen LogP contribution >= 0.6 is 24.0 Å². The number of nitrogens with one attached hydrogen (secondary N) is 2. The van der Waals surface area contributed by atoms with Gasteiger partial charge in [-0.3, -0.25) is 9.58 Å². The molecule has 1 aliphatic rings. The first-order valence-corrected chi connectivity index (χ1v) is 12.2. The highest BCUT2D eigenvalue weighted by Gasteiger charge is 2.16. The third kappa shape index (κ3) is 8.28. The second-order valence-electron chi connectivity index (χ2n) is 9.52. The average Bonchev–Trinajstić information content (AvgIpc) is 2.99. The van der Waals surface area contributed by atoms with Gasteiger partial charge in [-0.15, -0.1) is 24.0 Å². The van der Waals surface area contributed by atoms with Crippen LogP contribution in [0.25, 0.3) is 0 Å². The lowest BCUT2D eigenvalue weighted by molar-refractivity contribution is 0.176. The zero-order valence-electron chi connectivity index (χ0n) is 21.3. The second-order valence-corrected chi connectivity index (χ2v) is 9.52. The van der Waals surface area contributed by atoms with E-state index in [-0.39, 0.29) is 30.0 Å². The Morgan fingerprint density at radius 1 is 1.21 bits per heavy atom. The molecule has 0 saturated carbocycles. The Balaban J connectivity index is 0.00000385. The number of aromatic nitrogens is 2. The van der Waals surface area contributed by atoms with Crippen LogP contribution < -0.4 is 10.6 Å². The lowest BCUT2D eigenvalue weighted by Gasteiger charge is -2.30. The third-order valence-corrected chi connectivity index (χ3v) is 6.49. The van der Waals surface area contributed by atoms with E-state index in [1.165, 1.54) is 48.3 Å². The number of aliphatic imine (C=N–C) groups is 1. The van der Waals surface area contributed by atoms with Gasteiger partial charge >= 0.3 is 0 Å². The van der Waals surface area contributed by atoms with Crippen LogP contribution in [0.2, 0.25) is 0 Å². The Labute approximate surface area is 217 Å². The van der Waals surface area contributed by atoms with Crippen LogP contribution in [0.5, 0.6) is 0 Å². The minimum Gasteiger partial charge on any atom is -0.357 e. The Bertz CT molecular complexity index is 889. The molecule has 1 saturated heterocycles. The summed E-state index contributed by atoms with van der Waals surface area (Å²) in [5, 5.41) is 11.5. The van der Waals surface area contributed by atoms with Crippen LogP contribution in [0.4, 0.5) is 0 Å². The fourth-order valence-electron chi connectivity index (χ4n) is 4.63. The summed E-state index contributed by atoms with van der Waals surface area (Å²) in [5.41, 5.74) is 6.30. The maximum Gasteiger partial charge on any atom is 0.191 e. The molecule has 0 bridgehead atoms. The Kier molecular flexibility index (Phi) is 11.2. The van der Waals surface area contributed by atoms with Crippen molar-refractivity contribution in [1.29, 1.82) is 0 Å². The molecule has 2 heterocycles. The molecule has 3 rings (SSSR count). The highest BCUT2D eigenvalue weighted by atomic mass is 127. The molecule has 2 N–H and O–H groups in total. The summed E-state index contributed by atoms with van der Waals surface area (Å²) in [6.45, 7) is 15.9. The van der Waals surface area contributed by atoms with Gasteiger partial charge in [0.05, 0.1) is 12.2 Å². The van der Waals surface area contributed by atoms with Gasteiger partial charge in [-0.2, -0.15) is 5.10 Å². The van der Waals surface area contributed by atoms with Gasteiger partial charge in [0.15, 0.2) is 5.96 Å². The molecule has 0 radical (unpaired) electrons. The predicted octanol–water partition coefficient (Wildman–Crippen LogP) is 4.57. The topological polar surface area (TPSA) is 57.5 Å². The van der Waals surface area contributed by atoms with E-state index in [9.17, 15) is 0 Å². The fourth-order valence-corrected chi connectivity index (χ4v) is 4.63. The summed E-state index contributed by atoms with van der Waals surface area (Å²) >= 11 is 0. The van der Waals surface area contributed by atoms with E-state index in [0.29, 0.717) is 6.54 Å². The summed E-state index contributed by atoms with van der Waals surface area (Å²) in [6, 6.07) is 9.24. The summed E-state index contributed by atoms with van der Waals surface area (Å²) < 4.78 is 1.96. The standard InChI is InChI=1S/C26H42N6.HI/c1-7-27-26(29-20(3)15-25-21(4)30-31(6)22(25)5)28-16-23-10-12-24(13-11-23)18-32-14-8-9-19(2)17-32;/h10-13,19-20H,7-9,14-18H2,1-6H3,(H2,27,28,29);1H. The largest absolute Gasteiger partial charge is 0.357 e. The maximum atomic E-state index is 4.83. The van der Waals surface area contributed by atoms with Crippen molar-refractivity contribution >= 4 is 29.9 Å². The smallest absolute Gasteiger partial charge is 0.191 e. The molecule has 2 unspecified atom stereocenters. The molecule has 184 valence electrons. The number of halogens is 1. The molecule has 1 aromatic heterocycles. The molecule has 7 heteroatoms. The van der Waals surface area contributed by atoms with Crippen LogP contribution in [0.3, 0.4) is 0 Å². The van der Waals surface area contributed by atoms with E-state index in [1.54, 1.807) is 0 Å². The van der Waals surface area contributed by atoms with Crippen molar-refractivity contribution in [1.82, 2.24) is 25.3 Å². The zero-order chi connectivity index (χ0) is 23.1. The number of benzene rings is 1. The number of rotatable bonds is 8. The lowest BCUT2D eigenvalue weighted by Crippen LogP contribution is -2.43. The summed E-state index contributed by atoms with van der Waals surface area (Å²) in [6.07, 6.45) is 3.63. The van der Waals surface area contributed by atoms with E-state index in [2.05, 4.69) is 79.5 Å². The van der Waals surface area contributed by atoms with Crippen molar-refractivity contribution in [3.8, 4) is 0 Å². The third-order valence-electron chi connectivity index (χ3n) is 6.49. The van der Waals surface area contributed by atoms with Crippen molar-refractivity contribution in [3.63, 3.8) is 0 Å². The van der Waals surface area contributed by atoms with Crippen molar-refractivity contribution in [2.45, 2.75) is 73.0 Å². The van der Waals surface area contributed by atoms with Gasteiger partial charge in [0.2, 0.25) is 0 Å². The first-order valence-electron chi connectivity index (χ1n) is 12.2. The van der Waals surface area contributed by atoms with E-state index in [1.807, 2.05) is 11.7 Å². The van der Waals surface area contributed by atoms with E-state index < -0.39 is 0 Å². The van der Waals surface area contributed by atoms with Crippen LogP contribution in [-0.4, -0.2) is 46.3 Å². The number of nitrogens with zero attached hydrogens (tertiary/aromatic N) is 4. The number of hydrogen-bond acceptors (Lipinski definition) is 3. The van der Waals surface area contributed by atoms with Gasteiger partial charge in [0, 0.05) is 38.4 Å². The first kappa shape index (κ1) is 27.6. The normalized spacial score (nSPS) is 18.0. The van der Waals surface area contributed by atoms with Crippen molar-refractivity contribution in [2.24, 2.45) is 18.0 Å². The van der Waals surface area contributed by atoms with Gasteiger partial charge in [-0.1, -0.05) is 31.2 Å². The number of hydrogen-bond donors (Lipinski definition) is 2. The molecule has 2 atom stereocenters. The Hall–Kier alpha value is -1.61. The van der Waals surface area contributed by atoms with Crippen molar-refractivity contribution in [2.75, 3.05) is 19.6 Å². The predicted molar refractivity (Wildman–Crippen MR) is 149 cm³/mol. The molecule has 0 amide bonds. The molecular formula is C26H43IN6. The molecule has 0 spiro atoms. The lowest BCUT2D eigenvalue weighted by atomic mass is 9.99. The van der Waals surface area contributed by atoms with Gasteiger partial charge in [-0.05, 0) is 76.1 Å². The Morgan fingerprint density at radius 3 is 2.52 bits per heavy atom. The minimum atomic E-state index is 0. The SMILES string of the molecule is CCNC(=NCc1ccc(CN2CCCC(C)C2)cc1)NC(C)Cc1c(C)nn(C)c1C.I. The fraction of sp³-hybridized carbons (Fsp3) is 0.615. The molecule has 0 aliphatic carbocycles. The highest BCUT2D eigenvalue weighted by molar-refractivity contribution is 14.0. The first-order chi connectivity index (χ1) is 15.4. The molecular weight excluding hydrogens is 523 g/mol. The summed E-state index contributed by atoms with van der Waals surface area (Å²) in [7, 11) is 2.01. The maximum absolute atomic E-state index is 4.83. The Morgan fingerprint density at radius 2 is 1.91 bits per heavy atom. The summed E-state index contributed by atoms with van der Waals surface area (Å²) in [5.74, 6) is 1.69. The monoisotopic (exact) mass is 566 g/mol. The van der Waals surface area contributed by atoms with Crippen LogP contribution in [0, 0.1) is 19.8 Å². The number of aryl methyl sites for hydroxylation is 2. The summed E-state index contributed by atoms with van der Waals surface area (Å²) in [4.78, 5) is 7.42. The minimum absolute atomic E-state index is 0. The van der Waals surface area contributed by atoms with Crippen LogP contribution in [0.15, 0.2) is 29.3 Å². The van der Waals surface area contributed by atoms with E-state index >= 15 is 0 Å². The number of likely N-dealkylation sites (tertiary alicyclic amines) is 1. The van der Waals surface area contributed by atoms with Crippen molar-refractivity contribution < 1.29 is 0 Å². The molecule has 33 heavy (non-hydrogen) atoms. The number of piperidine rings is 1. The molecule has 1 fully saturated rings. The van der Waals surface area contributed by atoms with Crippen LogP contribution in [-0.2, 0) is 26.6 Å². The quantitative estimate of drug-likeness (QED) is 0.279. The molecule has 2 aromatic rings. The molecule has 1 aliphatic heterocycles. The van der Waals surface area contributed by atoms with Gasteiger partial charge in [0.25, 0.3) is 0 Å².